The minimum atomic E-state index is -0.146. The highest BCUT2D eigenvalue weighted by molar-refractivity contribution is 6.11. The van der Waals surface area contributed by atoms with Crippen LogP contribution in [0.4, 0.5) is 5.69 Å². The third-order valence-electron chi connectivity index (χ3n) is 6.26. The number of benzene rings is 2. The van der Waals surface area contributed by atoms with Crippen LogP contribution in [-0.4, -0.2) is 28.6 Å². The number of nitrogens with zero attached hydrogens (tertiary/aromatic N) is 2. The van der Waals surface area contributed by atoms with E-state index in [0.29, 0.717) is 12.2 Å². The Morgan fingerprint density at radius 3 is 2.44 bits per heavy atom. The van der Waals surface area contributed by atoms with Crippen LogP contribution in [0.15, 0.2) is 42.5 Å². The molecule has 0 unspecified atom stereocenters. The molecule has 0 atom stereocenters. The van der Waals surface area contributed by atoms with Crippen LogP contribution in [-0.2, 0) is 13.0 Å². The standard InChI is InChI=1S/C30H44N4O2/c1-5-6-11-21-36-24-17-15-23(16-18-24)32-29(35)25-13-12-14-26-28(25)33-27(22-30(2,3)4)34(26)20-10-8-7-9-19-31/h12-18H,5-11,19-22,31H2,1-4H3,(H,32,35). The quantitative estimate of drug-likeness (QED) is 0.238. The molecule has 1 aromatic heterocycles. The van der Waals surface area contributed by atoms with Crippen LogP contribution in [0.3, 0.4) is 0 Å². The van der Waals surface area contributed by atoms with E-state index in [9.17, 15) is 4.79 Å². The van der Waals surface area contributed by atoms with Gasteiger partial charge in [-0.05, 0) is 67.6 Å². The first-order valence-corrected chi connectivity index (χ1v) is 13.5. The number of aromatic nitrogens is 2. The first-order chi connectivity index (χ1) is 17.3. The van der Waals surface area contributed by atoms with Crippen LogP contribution in [0.1, 0.15) is 88.8 Å². The Balaban J connectivity index is 1.77. The molecule has 3 N–H and O–H groups in total. The summed E-state index contributed by atoms with van der Waals surface area (Å²) in [6.45, 7) is 11.2. The normalized spacial score (nSPS) is 11.7. The van der Waals surface area contributed by atoms with Gasteiger partial charge in [0.15, 0.2) is 0 Å². The lowest BCUT2D eigenvalue weighted by Gasteiger charge is -2.19. The number of aryl methyl sites for hydroxylation is 1. The predicted octanol–water partition coefficient (Wildman–Crippen LogP) is 6.97. The molecule has 0 bridgehead atoms. The van der Waals surface area contributed by atoms with E-state index in [4.69, 9.17) is 15.5 Å². The van der Waals surface area contributed by atoms with Gasteiger partial charge in [-0.15, -0.1) is 0 Å². The van der Waals surface area contributed by atoms with Crippen molar-refractivity contribution in [2.45, 2.75) is 85.6 Å². The number of unbranched alkanes of at least 4 members (excludes halogenated alkanes) is 5. The highest BCUT2D eigenvalue weighted by Crippen LogP contribution is 2.27. The van der Waals surface area contributed by atoms with Crippen molar-refractivity contribution in [1.82, 2.24) is 9.55 Å². The molecule has 196 valence electrons. The first-order valence-electron chi connectivity index (χ1n) is 13.5. The van der Waals surface area contributed by atoms with E-state index in [0.717, 1.165) is 79.9 Å². The van der Waals surface area contributed by atoms with E-state index < -0.39 is 0 Å². The van der Waals surface area contributed by atoms with Gasteiger partial charge in [-0.1, -0.05) is 59.4 Å². The molecule has 0 fully saturated rings. The number of ether oxygens (including phenoxy) is 1. The molecule has 1 amide bonds. The number of nitrogens with two attached hydrogens (primary N) is 1. The van der Waals surface area contributed by atoms with E-state index in [-0.39, 0.29) is 11.3 Å². The van der Waals surface area contributed by atoms with Gasteiger partial charge >= 0.3 is 0 Å². The maximum Gasteiger partial charge on any atom is 0.257 e. The Bertz CT molecular complexity index is 1100. The number of hydrogen-bond donors (Lipinski definition) is 2. The Kier molecular flexibility index (Phi) is 10.4. The van der Waals surface area contributed by atoms with Crippen LogP contribution in [0.25, 0.3) is 11.0 Å². The fourth-order valence-electron chi connectivity index (χ4n) is 4.38. The van der Waals surface area contributed by atoms with E-state index in [1.807, 2.05) is 36.4 Å². The molecule has 0 radical (unpaired) electrons. The van der Waals surface area contributed by atoms with Crippen molar-refractivity contribution in [2.75, 3.05) is 18.5 Å². The molecule has 36 heavy (non-hydrogen) atoms. The molecule has 1 heterocycles. The number of anilines is 1. The van der Waals surface area contributed by atoms with Gasteiger partial charge in [-0.2, -0.15) is 0 Å². The molecule has 0 aliphatic heterocycles. The second-order valence-electron chi connectivity index (χ2n) is 10.8. The topological polar surface area (TPSA) is 82.2 Å². The summed E-state index contributed by atoms with van der Waals surface area (Å²) in [5, 5.41) is 3.04. The van der Waals surface area contributed by atoms with Gasteiger partial charge in [0.2, 0.25) is 0 Å². The predicted molar refractivity (Wildman–Crippen MR) is 150 cm³/mol. The SMILES string of the molecule is CCCCCOc1ccc(NC(=O)c2cccc3c2nc(CC(C)(C)C)n3CCCCCCN)cc1. The highest BCUT2D eigenvalue weighted by Gasteiger charge is 2.21. The summed E-state index contributed by atoms with van der Waals surface area (Å²) in [6.07, 6.45) is 8.68. The second kappa shape index (κ2) is 13.4. The summed E-state index contributed by atoms with van der Waals surface area (Å²) >= 11 is 0. The van der Waals surface area contributed by atoms with Gasteiger partial charge in [0, 0.05) is 18.7 Å². The molecular weight excluding hydrogens is 448 g/mol. The van der Waals surface area contributed by atoms with Crippen molar-refractivity contribution in [2.24, 2.45) is 11.1 Å². The fourth-order valence-corrected chi connectivity index (χ4v) is 4.38. The number of hydrogen-bond acceptors (Lipinski definition) is 4. The van der Waals surface area contributed by atoms with Gasteiger partial charge in [-0.25, -0.2) is 4.98 Å². The summed E-state index contributed by atoms with van der Waals surface area (Å²) in [5.41, 5.74) is 8.89. The van der Waals surface area contributed by atoms with Gasteiger partial charge in [0.1, 0.15) is 17.1 Å². The molecule has 2 aromatic carbocycles. The van der Waals surface area contributed by atoms with Gasteiger partial charge in [0.25, 0.3) is 5.91 Å². The smallest absolute Gasteiger partial charge is 0.257 e. The van der Waals surface area contributed by atoms with Crippen molar-refractivity contribution in [3.05, 3.63) is 53.9 Å². The molecule has 3 rings (SSSR count). The largest absolute Gasteiger partial charge is 0.494 e. The van der Waals surface area contributed by atoms with E-state index in [2.05, 4.69) is 43.6 Å². The summed E-state index contributed by atoms with van der Waals surface area (Å²) in [5.74, 6) is 1.72. The number of para-hydroxylation sites is 1. The molecule has 0 spiro atoms. The lowest BCUT2D eigenvalue weighted by molar-refractivity contribution is 0.102. The number of nitrogens with one attached hydrogen (secondary N) is 1. The minimum absolute atomic E-state index is 0.0987. The lowest BCUT2D eigenvalue weighted by Crippen LogP contribution is -2.14. The van der Waals surface area contributed by atoms with Crippen molar-refractivity contribution in [3.8, 4) is 5.75 Å². The minimum Gasteiger partial charge on any atom is -0.494 e. The summed E-state index contributed by atoms with van der Waals surface area (Å²) in [4.78, 5) is 18.3. The molecule has 0 saturated carbocycles. The van der Waals surface area contributed by atoms with Crippen molar-refractivity contribution in [1.29, 1.82) is 0 Å². The van der Waals surface area contributed by atoms with Gasteiger partial charge < -0.3 is 20.4 Å². The Morgan fingerprint density at radius 1 is 1.00 bits per heavy atom. The first kappa shape index (κ1) is 27.7. The molecule has 0 aliphatic carbocycles. The van der Waals surface area contributed by atoms with Crippen molar-refractivity contribution in [3.63, 3.8) is 0 Å². The Morgan fingerprint density at radius 2 is 1.75 bits per heavy atom. The average molecular weight is 493 g/mol. The number of carbonyl (C=O) groups excluding carboxylic acids is 1. The third-order valence-corrected chi connectivity index (χ3v) is 6.26. The molecule has 3 aromatic rings. The van der Waals surface area contributed by atoms with E-state index in [1.54, 1.807) is 0 Å². The molecule has 6 nitrogen and oxygen atoms in total. The average Bonchev–Trinajstić information content (AvgIpc) is 3.18. The summed E-state index contributed by atoms with van der Waals surface area (Å²) < 4.78 is 8.10. The maximum absolute atomic E-state index is 13.3. The number of fused-ring (bicyclic) bond motifs is 1. The van der Waals surface area contributed by atoms with Crippen LogP contribution < -0.4 is 15.8 Å². The van der Waals surface area contributed by atoms with Crippen LogP contribution in [0, 0.1) is 5.41 Å². The van der Waals surface area contributed by atoms with Gasteiger partial charge in [-0.3, -0.25) is 4.79 Å². The number of amides is 1. The van der Waals surface area contributed by atoms with Crippen molar-refractivity contribution >= 4 is 22.6 Å². The Labute approximate surface area is 216 Å². The van der Waals surface area contributed by atoms with E-state index in [1.165, 1.54) is 12.8 Å². The lowest BCUT2D eigenvalue weighted by atomic mass is 9.92. The number of rotatable bonds is 14. The maximum atomic E-state index is 13.3. The second-order valence-corrected chi connectivity index (χ2v) is 10.8. The van der Waals surface area contributed by atoms with Crippen LogP contribution in [0.5, 0.6) is 5.75 Å². The zero-order chi connectivity index (χ0) is 26.0. The van der Waals surface area contributed by atoms with Gasteiger partial charge in [0.05, 0.1) is 17.7 Å². The van der Waals surface area contributed by atoms with Crippen LogP contribution in [0.2, 0.25) is 0 Å². The monoisotopic (exact) mass is 492 g/mol. The zero-order valence-corrected chi connectivity index (χ0v) is 22.6. The highest BCUT2D eigenvalue weighted by atomic mass is 16.5. The fraction of sp³-hybridized carbons (Fsp3) is 0.533. The molecule has 0 saturated heterocycles. The molecule has 6 heteroatoms. The van der Waals surface area contributed by atoms with E-state index >= 15 is 0 Å². The molecular formula is C30H44N4O2. The Hall–Kier alpha value is -2.86. The molecule has 0 aliphatic rings. The summed E-state index contributed by atoms with van der Waals surface area (Å²) in [7, 11) is 0. The summed E-state index contributed by atoms with van der Waals surface area (Å²) in [6, 6.07) is 13.5. The number of imidazole rings is 1. The van der Waals surface area contributed by atoms with Crippen molar-refractivity contribution < 1.29 is 9.53 Å². The zero-order valence-electron chi connectivity index (χ0n) is 22.6. The third kappa shape index (κ3) is 8.09. The van der Waals surface area contributed by atoms with Crippen LogP contribution >= 0.6 is 0 Å². The number of carbonyl (C=O) groups is 1.